The van der Waals surface area contributed by atoms with E-state index in [2.05, 4.69) is 27.5 Å². The maximum absolute atomic E-state index is 10.9. The molecule has 1 aromatic carbocycles. The molecule has 5 nitrogen and oxygen atoms in total. The number of fused-ring (bicyclic) bond motifs is 1. The first-order valence-electron chi connectivity index (χ1n) is 3.84. The summed E-state index contributed by atoms with van der Waals surface area (Å²) in [6.07, 6.45) is 0. The number of nitrogens with zero attached hydrogens (tertiary/aromatic N) is 2. The second-order valence-corrected chi connectivity index (χ2v) is 3.11. The average Bonchev–Trinajstić information content (AvgIpc) is 2.45. The fraction of sp³-hybridized carbons (Fsp3) is 0. The van der Waals surface area contributed by atoms with E-state index in [4.69, 9.17) is 5.73 Å². The number of nitrogens with one attached hydrogen (secondary N) is 1. The zero-order valence-corrected chi connectivity index (χ0v) is 7.84. The number of urea groups is 1. The molecule has 6 heteroatoms. The quantitative estimate of drug-likeness (QED) is 0.619. The van der Waals surface area contributed by atoms with E-state index in [0.29, 0.717) is 16.4 Å². The highest BCUT2D eigenvalue weighted by Gasteiger charge is 2.08. The summed E-state index contributed by atoms with van der Waals surface area (Å²) in [4.78, 5) is 18.3. The van der Waals surface area contributed by atoms with E-state index < -0.39 is 6.03 Å². The number of anilines is 1. The van der Waals surface area contributed by atoms with Gasteiger partial charge in [0.2, 0.25) is 0 Å². The van der Waals surface area contributed by atoms with E-state index in [1.54, 1.807) is 18.2 Å². The van der Waals surface area contributed by atoms with Crippen molar-refractivity contribution in [2.75, 3.05) is 5.32 Å². The third-order valence-electron chi connectivity index (χ3n) is 1.70. The monoisotopic (exact) mass is 206 g/mol. The Bertz CT molecular complexity index is 537. The van der Waals surface area contributed by atoms with Gasteiger partial charge in [-0.1, -0.05) is 6.07 Å². The Balaban J connectivity index is 2.62. The minimum atomic E-state index is -0.503. The van der Waals surface area contributed by atoms with Crippen molar-refractivity contribution in [3.63, 3.8) is 0 Å². The first-order chi connectivity index (χ1) is 6.66. The average molecular weight is 206 g/mol. The molecule has 0 spiro atoms. The van der Waals surface area contributed by atoms with Crippen LogP contribution in [0.2, 0.25) is 0 Å². The fourth-order valence-corrected chi connectivity index (χ4v) is 1.31. The number of thiocarbonyl (C=S) groups is 1. The molecule has 1 aromatic rings. The molecule has 0 radical (unpaired) electrons. The molecule has 1 aliphatic rings. The molecule has 2 rings (SSSR count). The van der Waals surface area contributed by atoms with Crippen molar-refractivity contribution < 1.29 is 4.79 Å². The third kappa shape index (κ3) is 1.47. The van der Waals surface area contributed by atoms with Crippen molar-refractivity contribution in [1.82, 2.24) is 0 Å². The lowest BCUT2D eigenvalue weighted by atomic mass is 10.3. The highest BCUT2D eigenvalue weighted by atomic mass is 32.1. The van der Waals surface area contributed by atoms with Gasteiger partial charge in [0, 0.05) is 0 Å². The number of hydrogen-bond donors (Lipinski definition) is 2. The van der Waals surface area contributed by atoms with Gasteiger partial charge >= 0.3 is 6.03 Å². The highest BCUT2D eigenvalue weighted by Crippen LogP contribution is 1.97. The minimum Gasteiger partial charge on any atom is -0.376 e. The van der Waals surface area contributed by atoms with Gasteiger partial charge < -0.3 is 11.1 Å². The fourth-order valence-electron chi connectivity index (χ4n) is 1.20. The molecule has 1 aliphatic heterocycles. The van der Waals surface area contributed by atoms with Gasteiger partial charge in [-0.3, -0.25) is 0 Å². The van der Waals surface area contributed by atoms with E-state index in [9.17, 15) is 4.79 Å². The van der Waals surface area contributed by atoms with Gasteiger partial charge in [-0.25, -0.2) is 4.79 Å². The Morgan fingerprint density at radius 3 is 2.93 bits per heavy atom. The SMILES string of the molecule is NC(=S)Nc1cccc2c1=NC(=O)N=2. The van der Waals surface area contributed by atoms with E-state index in [1.807, 2.05) is 0 Å². The van der Waals surface area contributed by atoms with Crippen LogP contribution >= 0.6 is 12.2 Å². The summed E-state index contributed by atoms with van der Waals surface area (Å²) in [5, 5.41) is 3.89. The summed E-state index contributed by atoms with van der Waals surface area (Å²) >= 11 is 4.69. The van der Waals surface area contributed by atoms with Crippen molar-refractivity contribution in [3.8, 4) is 0 Å². The predicted octanol–water partition coefficient (Wildman–Crippen LogP) is -0.285. The smallest absolute Gasteiger partial charge is 0.368 e. The molecule has 0 unspecified atom stereocenters. The van der Waals surface area contributed by atoms with Crippen LogP contribution in [0.1, 0.15) is 0 Å². The van der Waals surface area contributed by atoms with Crippen molar-refractivity contribution >= 4 is 29.0 Å². The first-order valence-corrected chi connectivity index (χ1v) is 4.24. The van der Waals surface area contributed by atoms with Crippen LogP contribution in [-0.2, 0) is 0 Å². The lowest BCUT2D eigenvalue weighted by molar-refractivity contribution is 0.256. The largest absolute Gasteiger partial charge is 0.376 e. The van der Waals surface area contributed by atoms with E-state index in [1.165, 1.54) is 0 Å². The molecular weight excluding hydrogens is 200 g/mol. The summed E-state index contributed by atoms with van der Waals surface area (Å²) < 4.78 is 0. The second-order valence-electron chi connectivity index (χ2n) is 2.67. The number of carbonyl (C=O) groups excluding carboxylic acids is 1. The van der Waals surface area contributed by atoms with E-state index in [0.717, 1.165) is 0 Å². The standard InChI is InChI=1S/C8H6N4OS/c9-7(14)10-4-2-1-3-5-6(4)12-8(13)11-5/h1-3H,(H3,9,10,14). The third-order valence-corrected chi connectivity index (χ3v) is 1.80. The summed E-state index contributed by atoms with van der Waals surface area (Å²) in [6, 6.07) is 4.68. The van der Waals surface area contributed by atoms with Gasteiger partial charge in [0.15, 0.2) is 5.11 Å². The van der Waals surface area contributed by atoms with Crippen LogP contribution < -0.4 is 21.8 Å². The Morgan fingerprint density at radius 2 is 2.21 bits per heavy atom. The van der Waals surface area contributed by atoms with E-state index in [-0.39, 0.29) is 5.11 Å². The number of carbonyl (C=O) groups is 1. The van der Waals surface area contributed by atoms with E-state index >= 15 is 0 Å². The maximum Gasteiger partial charge on any atom is 0.368 e. The van der Waals surface area contributed by atoms with Crippen LogP contribution in [0, 0.1) is 0 Å². The van der Waals surface area contributed by atoms with Gasteiger partial charge in [0.05, 0.1) is 11.0 Å². The zero-order chi connectivity index (χ0) is 10.1. The molecule has 0 saturated heterocycles. The number of para-hydroxylation sites is 1. The van der Waals surface area contributed by atoms with Gasteiger partial charge in [-0.05, 0) is 24.4 Å². The molecule has 1 heterocycles. The number of hydrogen-bond acceptors (Lipinski definition) is 2. The van der Waals surface area contributed by atoms with Crippen LogP contribution in [0.15, 0.2) is 28.2 Å². The Kier molecular flexibility index (Phi) is 1.97. The lowest BCUT2D eigenvalue weighted by Crippen LogP contribution is -2.29. The molecule has 70 valence electrons. The first kappa shape index (κ1) is 8.76. The molecule has 3 N–H and O–H groups in total. The molecule has 0 fully saturated rings. The molecular formula is C8H6N4OS. The summed E-state index contributed by atoms with van der Waals surface area (Å²) in [5.41, 5.74) is 5.92. The Labute approximate surface area is 84.4 Å². The van der Waals surface area contributed by atoms with Crippen LogP contribution in [-0.4, -0.2) is 11.1 Å². The van der Waals surface area contributed by atoms with Crippen LogP contribution in [0.3, 0.4) is 0 Å². The summed E-state index contributed by atoms with van der Waals surface area (Å²) in [7, 11) is 0. The molecule has 0 saturated carbocycles. The normalized spacial score (nSPS) is 12.7. The number of benzene rings is 1. The van der Waals surface area contributed by atoms with Crippen LogP contribution in [0.25, 0.3) is 0 Å². The van der Waals surface area contributed by atoms with Crippen molar-refractivity contribution in [2.45, 2.75) is 0 Å². The van der Waals surface area contributed by atoms with Gasteiger partial charge in [0.1, 0.15) is 5.36 Å². The zero-order valence-electron chi connectivity index (χ0n) is 7.02. The topological polar surface area (TPSA) is 79.8 Å². The predicted molar refractivity (Wildman–Crippen MR) is 54.6 cm³/mol. The maximum atomic E-state index is 10.9. The summed E-state index contributed by atoms with van der Waals surface area (Å²) in [5.74, 6) is 0. The Hall–Kier alpha value is -1.82. The molecule has 2 amide bonds. The lowest BCUT2D eigenvalue weighted by Gasteiger charge is -2.01. The number of rotatable bonds is 1. The van der Waals surface area contributed by atoms with Gasteiger partial charge in [-0.2, -0.15) is 9.98 Å². The van der Waals surface area contributed by atoms with Gasteiger partial charge in [0.25, 0.3) is 0 Å². The number of amides is 2. The number of nitrogens with two attached hydrogens (primary N) is 1. The van der Waals surface area contributed by atoms with Crippen LogP contribution in [0.5, 0.6) is 0 Å². The molecule has 0 bridgehead atoms. The van der Waals surface area contributed by atoms with Gasteiger partial charge in [-0.15, -0.1) is 0 Å². The second kappa shape index (κ2) is 3.15. The van der Waals surface area contributed by atoms with Crippen molar-refractivity contribution in [1.29, 1.82) is 0 Å². The van der Waals surface area contributed by atoms with Crippen molar-refractivity contribution in [3.05, 3.63) is 28.9 Å². The summed E-state index contributed by atoms with van der Waals surface area (Å²) in [6.45, 7) is 0. The molecule has 0 atom stereocenters. The minimum absolute atomic E-state index is 0.132. The highest BCUT2D eigenvalue weighted by molar-refractivity contribution is 7.80. The van der Waals surface area contributed by atoms with Crippen molar-refractivity contribution in [2.24, 2.45) is 15.7 Å². The molecule has 0 aromatic heterocycles. The Morgan fingerprint density at radius 1 is 1.43 bits per heavy atom. The molecule has 14 heavy (non-hydrogen) atoms. The van der Waals surface area contributed by atoms with Crippen LogP contribution in [0.4, 0.5) is 10.5 Å². The molecule has 0 aliphatic carbocycles.